The number of hydrogen-bond acceptors (Lipinski definition) is 7. The first-order valence-corrected chi connectivity index (χ1v) is 11.2. The lowest BCUT2D eigenvalue weighted by atomic mass is 9.92. The van der Waals surface area contributed by atoms with Gasteiger partial charge < -0.3 is 20.7 Å². The standard InChI is InChI=1S/C24H25FN6O2/c25-18-13-26-24(27-17-9-7-16(8-10-17)15-5-3-1-2-4-6-15)31-22(18)28-20-12-11-19-23(29-20)30-21(32)14-33-19/h7-13,15H,1-6,14H2,(H3,26,27,28,29,30,31,32). The molecule has 1 amide bonds. The molecular weight excluding hydrogens is 423 g/mol. The number of nitrogens with one attached hydrogen (secondary N) is 3. The molecule has 0 bridgehead atoms. The number of benzene rings is 1. The van der Waals surface area contributed by atoms with Gasteiger partial charge in [0.25, 0.3) is 5.91 Å². The molecule has 0 atom stereocenters. The van der Waals surface area contributed by atoms with Crippen molar-refractivity contribution in [3.63, 3.8) is 0 Å². The predicted molar refractivity (Wildman–Crippen MR) is 124 cm³/mol. The zero-order valence-electron chi connectivity index (χ0n) is 18.1. The summed E-state index contributed by atoms with van der Waals surface area (Å²) in [5, 5.41) is 8.59. The van der Waals surface area contributed by atoms with Crippen molar-refractivity contribution in [2.24, 2.45) is 0 Å². The topological polar surface area (TPSA) is 101 Å². The number of aromatic nitrogens is 3. The SMILES string of the molecule is O=C1COc2ccc(Nc3nc(Nc4ccc(C5CCCCCC5)cc4)ncc3F)nc2N1. The first-order chi connectivity index (χ1) is 16.1. The van der Waals surface area contributed by atoms with Gasteiger partial charge in [-0.1, -0.05) is 37.8 Å². The molecule has 33 heavy (non-hydrogen) atoms. The predicted octanol–water partition coefficient (Wildman–Crippen LogP) is 5.27. The number of fused-ring (bicyclic) bond motifs is 1. The average Bonchev–Trinajstić information content (AvgIpc) is 3.11. The Bertz CT molecular complexity index is 1150. The van der Waals surface area contributed by atoms with Gasteiger partial charge in [-0.2, -0.15) is 4.98 Å². The van der Waals surface area contributed by atoms with Gasteiger partial charge in [-0.05, 0) is 48.6 Å². The van der Waals surface area contributed by atoms with E-state index in [0.717, 1.165) is 11.9 Å². The van der Waals surface area contributed by atoms with Gasteiger partial charge in [0, 0.05) is 5.69 Å². The minimum Gasteiger partial charge on any atom is -0.480 e. The second kappa shape index (κ2) is 9.40. The molecule has 0 spiro atoms. The van der Waals surface area contributed by atoms with Gasteiger partial charge in [-0.25, -0.2) is 14.4 Å². The van der Waals surface area contributed by atoms with Crippen LogP contribution in [0.25, 0.3) is 0 Å². The van der Waals surface area contributed by atoms with Gasteiger partial charge >= 0.3 is 0 Å². The molecule has 2 aromatic heterocycles. The van der Waals surface area contributed by atoms with Crippen LogP contribution < -0.4 is 20.7 Å². The van der Waals surface area contributed by atoms with E-state index in [-0.39, 0.29) is 30.1 Å². The number of hydrogen-bond donors (Lipinski definition) is 3. The molecule has 3 heterocycles. The Morgan fingerprint density at radius 3 is 2.55 bits per heavy atom. The minimum absolute atomic E-state index is 0.0296. The van der Waals surface area contributed by atoms with Gasteiger partial charge in [0.2, 0.25) is 5.95 Å². The Hall–Kier alpha value is -3.75. The van der Waals surface area contributed by atoms with Crippen molar-refractivity contribution in [3.8, 4) is 5.75 Å². The molecule has 5 rings (SSSR count). The van der Waals surface area contributed by atoms with E-state index >= 15 is 0 Å². The van der Waals surface area contributed by atoms with Gasteiger partial charge in [-0.3, -0.25) is 4.79 Å². The third kappa shape index (κ3) is 5.02. The highest BCUT2D eigenvalue weighted by Crippen LogP contribution is 2.32. The van der Waals surface area contributed by atoms with Gasteiger partial charge in [0.1, 0.15) is 5.82 Å². The zero-order valence-corrected chi connectivity index (χ0v) is 18.1. The van der Waals surface area contributed by atoms with Crippen LogP contribution in [0, 0.1) is 5.82 Å². The molecule has 1 fully saturated rings. The molecule has 170 valence electrons. The fourth-order valence-electron chi connectivity index (χ4n) is 4.25. The summed E-state index contributed by atoms with van der Waals surface area (Å²) >= 11 is 0. The lowest BCUT2D eigenvalue weighted by Crippen LogP contribution is -2.26. The summed E-state index contributed by atoms with van der Waals surface area (Å²) in [7, 11) is 0. The maximum absolute atomic E-state index is 14.3. The lowest BCUT2D eigenvalue weighted by Gasteiger charge is -2.17. The van der Waals surface area contributed by atoms with Gasteiger partial charge in [-0.15, -0.1) is 0 Å². The van der Waals surface area contributed by atoms with Crippen LogP contribution in [0.15, 0.2) is 42.6 Å². The molecule has 0 radical (unpaired) electrons. The van der Waals surface area contributed by atoms with Crippen molar-refractivity contribution in [2.75, 3.05) is 22.6 Å². The summed E-state index contributed by atoms with van der Waals surface area (Å²) in [6, 6.07) is 11.6. The highest BCUT2D eigenvalue weighted by molar-refractivity contribution is 5.94. The highest BCUT2D eigenvalue weighted by Gasteiger charge is 2.18. The number of amides is 1. The smallest absolute Gasteiger partial charge is 0.263 e. The van der Waals surface area contributed by atoms with Crippen molar-refractivity contribution in [2.45, 2.75) is 44.4 Å². The molecule has 1 aliphatic carbocycles. The fourth-order valence-corrected chi connectivity index (χ4v) is 4.25. The van der Waals surface area contributed by atoms with E-state index in [9.17, 15) is 9.18 Å². The van der Waals surface area contributed by atoms with E-state index < -0.39 is 5.82 Å². The summed E-state index contributed by atoms with van der Waals surface area (Å²) in [6.07, 6.45) is 8.84. The summed E-state index contributed by atoms with van der Waals surface area (Å²) in [5.41, 5.74) is 2.19. The number of anilines is 5. The molecule has 0 unspecified atom stereocenters. The Morgan fingerprint density at radius 1 is 0.970 bits per heavy atom. The van der Waals surface area contributed by atoms with E-state index in [1.54, 1.807) is 12.1 Å². The first-order valence-electron chi connectivity index (χ1n) is 11.2. The van der Waals surface area contributed by atoms with Crippen molar-refractivity contribution >= 4 is 35.0 Å². The lowest BCUT2D eigenvalue weighted by molar-refractivity contribution is -0.118. The van der Waals surface area contributed by atoms with E-state index in [1.807, 2.05) is 12.1 Å². The summed E-state index contributed by atoms with van der Waals surface area (Å²) < 4.78 is 19.6. The number of carbonyl (C=O) groups is 1. The van der Waals surface area contributed by atoms with Crippen LogP contribution in [0.1, 0.15) is 50.0 Å². The highest BCUT2D eigenvalue weighted by atomic mass is 19.1. The van der Waals surface area contributed by atoms with E-state index in [1.165, 1.54) is 44.1 Å². The Morgan fingerprint density at radius 2 is 1.76 bits per heavy atom. The number of ether oxygens (including phenoxy) is 1. The van der Waals surface area contributed by atoms with Crippen LogP contribution >= 0.6 is 0 Å². The second-order valence-electron chi connectivity index (χ2n) is 8.33. The van der Waals surface area contributed by atoms with Gasteiger partial charge in [0.15, 0.2) is 29.8 Å². The average molecular weight is 449 g/mol. The molecule has 3 aromatic rings. The third-order valence-corrected chi connectivity index (χ3v) is 5.96. The summed E-state index contributed by atoms with van der Waals surface area (Å²) in [4.78, 5) is 24.1. The second-order valence-corrected chi connectivity index (χ2v) is 8.33. The quantitative estimate of drug-likeness (QED) is 0.457. The molecular formula is C24H25FN6O2. The zero-order chi connectivity index (χ0) is 22.6. The Balaban J connectivity index is 1.29. The molecule has 3 N–H and O–H groups in total. The number of nitrogens with zero attached hydrogens (tertiary/aromatic N) is 3. The van der Waals surface area contributed by atoms with E-state index in [4.69, 9.17) is 4.74 Å². The molecule has 9 heteroatoms. The number of halogens is 1. The number of pyridine rings is 1. The first kappa shape index (κ1) is 21.1. The summed E-state index contributed by atoms with van der Waals surface area (Å²) in [6.45, 7) is -0.0569. The van der Waals surface area contributed by atoms with Crippen molar-refractivity contribution < 1.29 is 13.9 Å². The molecule has 2 aliphatic rings. The van der Waals surface area contributed by atoms with Crippen molar-refractivity contribution in [1.82, 2.24) is 15.0 Å². The molecule has 0 saturated heterocycles. The number of carbonyl (C=O) groups excluding carboxylic acids is 1. The van der Waals surface area contributed by atoms with E-state index in [2.05, 4.69) is 43.0 Å². The van der Waals surface area contributed by atoms with Crippen LogP contribution in [0.2, 0.25) is 0 Å². The van der Waals surface area contributed by atoms with Crippen LogP contribution in [0.5, 0.6) is 5.75 Å². The maximum atomic E-state index is 14.3. The van der Waals surface area contributed by atoms with Gasteiger partial charge in [0.05, 0.1) is 6.20 Å². The molecule has 1 saturated carbocycles. The third-order valence-electron chi connectivity index (χ3n) is 5.96. The fraction of sp³-hybridized carbons (Fsp3) is 0.333. The normalized spacial score (nSPS) is 16.2. The van der Waals surface area contributed by atoms with Crippen molar-refractivity contribution in [3.05, 3.63) is 54.0 Å². The van der Waals surface area contributed by atoms with Crippen molar-refractivity contribution in [1.29, 1.82) is 0 Å². The molecule has 1 aliphatic heterocycles. The van der Waals surface area contributed by atoms with Crippen LogP contribution in [-0.2, 0) is 4.79 Å². The molecule has 1 aromatic carbocycles. The van der Waals surface area contributed by atoms with E-state index in [0.29, 0.717) is 17.5 Å². The van der Waals surface area contributed by atoms with Crippen LogP contribution in [0.4, 0.5) is 33.5 Å². The minimum atomic E-state index is -0.621. The maximum Gasteiger partial charge on any atom is 0.263 e. The van der Waals surface area contributed by atoms with Crippen LogP contribution in [0.3, 0.4) is 0 Å². The monoisotopic (exact) mass is 448 g/mol. The molecule has 8 nitrogen and oxygen atoms in total. The largest absolute Gasteiger partial charge is 0.480 e. The summed E-state index contributed by atoms with van der Waals surface area (Å²) in [5.74, 6) is 0.986. The Kier molecular flexibility index (Phi) is 6.01. The Labute approximate surface area is 191 Å². The number of rotatable bonds is 5. The van der Waals surface area contributed by atoms with Crippen LogP contribution in [-0.4, -0.2) is 27.5 Å².